The molecular formula is C17H17ClN4O. The first-order valence-corrected chi connectivity index (χ1v) is 7.77. The van der Waals surface area contributed by atoms with Gasteiger partial charge in [-0.15, -0.1) is 0 Å². The average Bonchev–Trinajstić information content (AvgIpc) is 2.82. The number of aryl methyl sites for hydroxylation is 1. The van der Waals surface area contributed by atoms with Gasteiger partial charge in [0.15, 0.2) is 5.65 Å². The van der Waals surface area contributed by atoms with Crippen LogP contribution < -0.4 is 5.32 Å². The first kappa shape index (κ1) is 15.5. The lowest BCUT2D eigenvalue weighted by Crippen LogP contribution is -2.34. The molecule has 118 valence electrons. The van der Waals surface area contributed by atoms with Gasteiger partial charge in [-0.05, 0) is 44.0 Å². The zero-order valence-electron chi connectivity index (χ0n) is 13.0. The summed E-state index contributed by atoms with van der Waals surface area (Å²) in [5.41, 5.74) is 2.83. The average molecular weight is 329 g/mol. The summed E-state index contributed by atoms with van der Waals surface area (Å²) < 4.78 is 1.62. The molecule has 3 aromatic rings. The zero-order chi connectivity index (χ0) is 16.4. The van der Waals surface area contributed by atoms with Crippen LogP contribution in [0.15, 0.2) is 42.7 Å². The summed E-state index contributed by atoms with van der Waals surface area (Å²) in [6, 6.07) is 9.40. The molecule has 0 saturated heterocycles. The number of hydrogen-bond acceptors (Lipinski definition) is 3. The lowest BCUT2D eigenvalue weighted by molar-refractivity contribution is 0.0941. The number of benzene rings is 1. The maximum Gasteiger partial charge on any atom is 0.257 e. The molecule has 1 amide bonds. The third-order valence-electron chi connectivity index (χ3n) is 3.61. The number of fused-ring (bicyclic) bond motifs is 1. The molecule has 23 heavy (non-hydrogen) atoms. The van der Waals surface area contributed by atoms with Gasteiger partial charge >= 0.3 is 0 Å². The van der Waals surface area contributed by atoms with Crippen molar-refractivity contribution in [2.75, 3.05) is 0 Å². The quantitative estimate of drug-likeness (QED) is 0.800. The molecule has 6 heteroatoms. The van der Waals surface area contributed by atoms with Crippen LogP contribution in [0.2, 0.25) is 5.02 Å². The van der Waals surface area contributed by atoms with Crippen LogP contribution in [0, 0.1) is 6.92 Å². The van der Waals surface area contributed by atoms with Crippen molar-refractivity contribution in [2.24, 2.45) is 0 Å². The minimum atomic E-state index is -0.161. The highest BCUT2D eigenvalue weighted by Gasteiger charge is 2.19. The van der Waals surface area contributed by atoms with Gasteiger partial charge in [0.05, 0.1) is 5.69 Å². The smallest absolute Gasteiger partial charge is 0.257 e. The summed E-state index contributed by atoms with van der Waals surface area (Å²) in [7, 11) is 0. The van der Waals surface area contributed by atoms with Crippen LogP contribution in [0.5, 0.6) is 0 Å². The Kier molecular flexibility index (Phi) is 4.30. The minimum absolute atomic E-state index is 0.0287. The van der Waals surface area contributed by atoms with Crippen molar-refractivity contribution in [3.63, 3.8) is 0 Å². The van der Waals surface area contributed by atoms with Crippen LogP contribution in [0.1, 0.15) is 28.5 Å². The first-order valence-electron chi connectivity index (χ1n) is 7.40. The summed E-state index contributed by atoms with van der Waals surface area (Å²) in [6.07, 6.45) is 4.14. The molecule has 3 rings (SSSR count). The molecule has 0 spiro atoms. The summed E-state index contributed by atoms with van der Waals surface area (Å²) in [6.45, 7) is 3.78. The number of aromatic nitrogens is 3. The Hall–Kier alpha value is -2.40. The second-order valence-electron chi connectivity index (χ2n) is 5.56. The van der Waals surface area contributed by atoms with Gasteiger partial charge in [0.1, 0.15) is 5.56 Å². The molecule has 1 aromatic carbocycles. The minimum Gasteiger partial charge on any atom is -0.349 e. The van der Waals surface area contributed by atoms with Gasteiger partial charge in [0.25, 0.3) is 5.91 Å². The molecule has 5 nitrogen and oxygen atoms in total. The second-order valence-corrected chi connectivity index (χ2v) is 5.99. The van der Waals surface area contributed by atoms with Crippen molar-refractivity contribution in [3.8, 4) is 0 Å². The van der Waals surface area contributed by atoms with Crippen molar-refractivity contribution in [3.05, 3.63) is 64.6 Å². The van der Waals surface area contributed by atoms with Crippen LogP contribution in [0.4, 0.5) is 0 Å². The Morgan fingerprint density at radius 2 is 2.22 bits per heavy atom. The summed E-state index contributed by atoms with van der Waals surface area (Å²) in [5, 5.41) is 8.02. The van der Waals surface area contributed by atoms with E-state index in [0.29, 0.717) is 28.3 Å². The topological polar surface area (TPSA) is 59.3 Å². The Bertz CT molecular complexity index is 859. The van der Waals surface area contributed by atoms with Gasteiger partial charge in [0.2, 0.25) is 0 Å². The standard InChI is InChI=1S/C17H17ClN4O/c1-11(9-13-5-3-6-14(18)10-13)20-17(23)15-12(2)21-22-8-4-7-19-16(15)22/h3-8,10-11H,9H2,1-2H3,(H,20,23). The molecule has 1 unspecified atom stereocenters. The molecule has 1 atom stereocenters. The molecule has 0 aliphatic rings. The normalized spacial score (nSPS) is 12.3. The fraction of sp³-hybridized carbons (Fsp3) is 0.235. The monoisotopic (exact) mass is 328 g/mol. The van der Waals surface area contributed by atoms with Gasteiger partial charge < -0.3 is 5.32 Å². The number of hydrogen-bond donors (Lipinski definition) is 1. The van der Waals surface area contributed by atoms with Crippen molar-refractivity contribution in [1.29, 1.82) is 0 Å². The van der Waals surface area contributed by atoms with E-state index in [4.69, 9.17) is 11.6 Å². The van der Waals surface area contributed by atoms with E-state index in [1.165, 1.54) is 0 Å². The van der Waals surface area contributed by atoms with Crippen LogP contribution >= 0.6 is 11.6 Å². The van der Waals surface area contributed by atoms with Gasteiger partial charge in [-0.2, -0.15) is 5.10 Å². The Balaban J connectivity index is 1.76. The lowest BCUT2D eigenvalue weighted by Gasteiger charge is -2.14. The third kappa shape index (κ3) is 3.35. The largest absolute Gasteiger partial charge is 0.349 e. The highest BCUT2D eigenvalue weighted by atomic mass is 35.5. The molecule has 0 fully saturated rings. The maximum atomic E-state index is 12.6. The maximum absolute atomic E-state index is 12.6. The number of rotatable bonds is 4. The predicted molar refractivity (Wildman–Crippen MR) is 89.8 cm³/mol. The van der Waals surface area contributed by atoms with E-state index in [1.54, 1.807) is 23.0 Å². The molecule has 2 heterocycles. The van der Waals surface area contributed by atoms with E-state index in [-0.39, 0.29) is 11.9 Å². The number of nitrogens with one attached hydrogen (secondary N) is 1. The number of halogens is 1. The van der Waals surface area contributed by atoms with E-state index in [1.807, 2.05) is 38.1 Å². The Morgan fingerprint density at radius 3 is 3.00 bits per heavy atom. The zero-order valence-corrected chi connectivity index (χ0v) is 13.7. The Morgan fingerprint density at radius 1 is 1.39 bits per heavy atom. The van der Waals surface area contributed by atoms with E-state index >= 15 is 0 Å². The number of carbonyl (C=O) groups excluding carboxylic acids is 1. The summed E-state index contributed by atoms with van der Waals surface area (Å²) in [5.74, 6) is -0.161. The van der Waals surface area contributed by atoms with Crippen molar-refractivity contribution >= 4 is 23.2 Å². The fourth-order valence-corrected chi connectivity index (χ4v) is 2.84. The Labute approximate surface area is 139 Å². The van der Waals surface area contributed by atoms with Gasteiger partial charge in [-0.3, -0.25) is 4.79 Å². The molecule has 0 aliphatic carbocycles. The lowest BCUT2D eigenvalue weighted by atomic mass is 10.1. The van der Waals surface area contributed by atoms with Crippen molar-refractivity contribution in [1.82, 2.24) is 19.9 Å². The highest BCUT2D eigenvalue weighted by Crippen LogP contribution is 2.15. The molecular weight excluding hydrogens is 312 g/mol. The molecule has 0 bridgehead atoms. The number of nitrogens with zero attached hydrogens (tertiary/aromatic N) is 3. The van der Waals surface area contributed by atoms with Crippen LogP contribution in [-0.2, 0) is 6.42 Å². The molecule has 0 aliphatic heterocycles. The van der Waals surface area contributed by atoms with Crippen molar-refractivity contribution in [2.45, 2.75) is 26.3 Å². The number of carbonyl (C=O) groups is 1. The van der Waals surface area contributed by atoms with Crippen LogP contribution in [0.25, 0.3) is 5.65 Å². The molecule has 0 saturated carbocycles. The second kappa shape index (κ2) is 6.38. The SMILES string of the molecule is Cc1nn2cccnc2c1C(=O)NC(C)Cc1cccc(Cl)c1. The van der Waals surface area contributed by atoms with Gasteiger partial charge in [-0.1, -0.05) is 23.7 Å². The van der Waals surface area contributed by atoms with Gasteiger partial charge in [0, 0.05) is 23.5 Å². The molecule has 1 N–H and O–H groups in total. The van der Waals surface area contributed by atoms with Crippen molar-refractivity contribution < 1.29 is 4.79 Å². The number of amides is 1. The van der Waals surface area contributed by atoms with E-state index in [2.05, 4.69) is 15.4 Å². The van der Waals surface area contributed by atoms with Crippen LogP contribution in [0.3, 0.4) is 0 Å². The highest BCUT2D eigenvalue weighted by molar-refractivity contribution is 6.30. The third-order valence-corrected chi connectivity index (χ3v) is 3.84. The van der Waals surface area contributed by atoms with Crippen LogP contribution in [-0.4, -0.2) is 26.5 Å². The van der Waals surface area contributed by atoms with Gasteiger partial charge in [-0.25, -0.2) is 9.50 Å². The molecule has 0 radical (unpaired) electrons. The summed E-state index contributed by atoms with van der Waals surface area (Å²) in [4.78, 5) is 16.8. The molecule has 2 aromatic heterocycles. The van der Waals surface area contributed by atoms with E-state index in [9.17, 15) is 4.79 Å². The fourth-order valence-electron chi connectivity index (χ4n) is 2.63. The van der Waals surface area contributed by atoms with E-state index in [0.717, 1.165) is 5.56 Å². The predicted octanol–water partition coefficient (Wildman–Crippen LogP) is 3.05. The van der Waals surface area contributed by atoms with E-state index < -0.39 is 0 Å². The first-order chi connectivity index (χ1) is 11.0. The summed E-state index contributed by atoms with van der Waals surface area (Å²) >= 11 is 5.99.